The van der Waals surface area contributed by atoms with Crippen LogP contribution in [0.5, 0.6) is 0 Å². The van der Waals surface area contributed by atoms with Crippen molar-refractivity contribution >= 4 is 17.8 Å². The van der Waals surface area contributed by atoms with Gasteiger partial charge in [0.2, 0.25) is 6.33 Å². The van der Waals surface area contributed by atoms with E-state index in [0.29, 0.717) is 5.16 Å². The SMILES string of the molecule is CSc1n[c]nn1C(N)=O. The van der Waals surface area contributed by atoms with E-state index in [1.165, 1.54) is 11.8 Å². The Bertz CT molecular complexity index is 245. The van der Waals surface area contributed by atoms with E-state index in [4.69, 9.17) is 5.73 Å². The molecule has 0 saturated carbocycles. The number of aromatic nitrogens is 3. The molecule has 5 nitrogen and oxygen atoms in total. The molecule has 0 atom stereocenters. The minimum absolute atomic E-state index is 0.451. The van der Waals surface area contributed by atoms with Gasteiger partial charge in [-0.1, -0.05) is 11.8 Å². The molecule has 0 bridgehead atoms. The van der Waals surface area contributed by atoms with Gasteiger partial charge in [0.1, 0.15) is 0 Å². The molecule has 1 amide bonds. The summed E-state index contributed by atoms with van der Waals surface area (Å²) in [5, 5.41) is 3.92. The van der Waals surface area contributed by atoms with Crippen molar-refractivity contribution in [1.29, 1.82) is 0 Å². The van der Waals surface area contributed by atoms with Gasteiger partial charge in [-0.3, -0.25) is 0 Å². The average Bonchev–Trinajstić information content (AvgIpc) is 2.33. The Balaban J connectivity index is 3.01. The predicted molar refractivity (Wildman–Crippen MR) is 35.6 cm³/mol. The van der Waals surface area contributed by atoms with Gasteiger partial charge >= 0.3 is 6.03 Å². The minimum Gasteiger partial charge on any atom is -0.350 e. The third-order valence-corrected chi connectivity index (χ3v) is 1.49. The zero-order valence-corrected chi connectivity index (χ0v) is 6.05. The van der Waals surface area contributed by atoms with Crippen molar-refractivity contribution in [2.24, 2.45) is 5.73 Å². The number of hydrogen-bond donors (Lipinski definition) is 1. The predicted octanol–water partition coefficient (Wildman–Crippen LogP) is -0.273. The van der Waals surface area contributed by atoms with Crippen LogP contribution in [0.4, 0.5) is 4.79 Å². The van der Waals surface area contributed by atoms with E-state index in [2.05, 4.69) is 16.4 Å². The Kier molecular flexibility index (Phi) is 1.91. The van der Waals surface area contributed by atoms with Crippen molar-refractivity contribution in [1.82, 2.24) is 14.8 Å². The molecule has 6 heteroatoms. The maximum atomic E-state index is 10.5. The Morgan fingerprint density at radius 3 is 3.00 bits per heavy atom. The van der Waals surface area contributed by atoms with Crippen LogP contribution in [0.25, 0.3) is 0 Å². The summed E-state index contributed by atoms with van der Waals surface area (Å²) < 4.78 is 0.991. The highest BCUT2D eigenvalue weighted by molar-refractivity contribution is 7.98. The highest BCUT2D eigenvalue weighted by atomic mass is 32.2. The van der Waals surface area contributed by atoms with Crippen molar-refractivity contribution in [2.75, 3.05) is 6.26 Å². The molecule has 1 aromatic heterocycles. The lowest BCUT2D eigenvalue weighted by atomic mass is 11.0. The second-order valence-electron chi connectivity index (χ2n) is 1.45. The molecule has 0 aromatic carbocycles. The monoisotopic (exact) mass is 157 g/mol. The first kappa shape index (κ1) is 7.07. The standard InChI is InChI=1S/C4H5N4OS/c1-10-4-6-2-7-8(4)3(5)9/h1H3,(H2,5,9). The summed E-state index contributed by atoms with van der Waals surface area (Å²) in [7, 11) is 0. The number of rotatable bonds is 1. The van der Waals surface area contributed by atoms with Gasteiger partial charge in [0.15, 0.2) is 5.16 Å². The van der Waals surface area contributed by atoms with Gasteiger partial charge in [-0.25, -0.2) is 4.79 Å². The largest absolute Gasteiger partial charge is 0.350 e. The Morgan fingerprint density at radius 1 is 1.90 bits per heavy atom. The van der Waals surface area contributed by atoms with E-state index >= 15 is 0 Å². The first-order valence-corrected chi connectivity index (χ1v) is 3.65. The fraction of sp³-hybridized carbons (Fsp3) is 0.250. The lowest BCUT2D eigenvalue weighted by Gasteiger charge is -1.94. The van der Waals surface area contributed by atoms with E-state index in [1.54, 1.807) is 6.26 Å². The molecule has 1 aromatic rings. The van der Waals surface area contributed by atoms with Crippen molar-refractivity contribution in [3.05, 3.63) is 6.33 Å². The van der Waals surface area contributed by atoms with E-state index in [-0.39, 0.29) is 0 Å². The third-order valence-electron chi connectivity index (χ3n) is 0.863. The molecule has 0 aliphatic carbocycles. The van der Waals surface area contributed by atoms with Gasteiger partial charge in [-0.05, 0) is 6.26 Å². The van der Waals surface area contributed by atoms with E-state index in [0.717, 1.165) is 4.68 Å². The maximum absolute atomic E-state index is 10.5. The molecule has 0 fully saturated rings. The first-order valence-electron chi connectivity index (χ1n) is 2.42. The third kappa shape index (κ3) is 1.10. The second kappa shape index (κ2) is 2.70. The Hall–Kier alpha value is -1.04. The lowest BCUT2D eigenvalue weighted by molar-refractivity contribution is 0.245. The van der Waals surface area contributed by atoms with Crippen molar-refractivity contribution in [3.63, 3.8) is 0 Å². The van der Waals surface area contributed by atoms with Crippen LogP contribution >= 0.6 is 11.8 Å². The number of thioether (sulfide) groups is 1. The molecule has 1 radical (unpaired) electrons. The van der Waals surface area contributed by atoms with Crippen LogP contribution in [0.15, 0.2) is 5.16 Å². The fourth-order valence-corrected chi connectivity index (χ4v) is 0.911. The molecule has 1 rings (SSSR count). The van der Waals surface area contributed by atoms with Crippen LogP contribution in [0.2, 0.25) is 0 Å². The molecule has 2 N–H and O–H groups in total. The van der Waals surface area contributed by atoms with Crippen molar-refractivity contribution < 1.29 is 4.79 Å². The molecule has 0 unspecified atom stereocenters. The molecule has 0 aliphatic heterocycles. The van der Waals surface area contributed by atoms with Crippen LogP contribution in [-0.4, -0.2) is 27.1 Å². The van der Waals surface area contributed by atoms with Crippen LogP contribution in [0.3, 0.4) is 0 Å². The summed E-state index contributed by atoms with van der Waals surface area (Å²) >= 11 is 1.29. The van der Waals surface area contributed by atoms with Crippen LogP contribution in [0, 0.1) is 6.33 Å². The van der Waals surface area contributed by atoms with Crippen LogP contribution in [0.1, 0.15) is 0 Å². The summed E-state index contributed by atoms with van der Waals surface area (Å²) in [6.45, 7) is 0. The fourth-order valence-electron chi connectivity index (χ4n) is 0.476. The molecule has 0 saturated heterocycles. The first-order chi connectivity index (χ1) is 4.75. The van der Waals surface area contributed by atoms with Gasteiger partial charge in [0, 0.05) is 0 Å². The summed E-state index contributed by atoms with van der Waals surface area (Å²) in [6.07, 6.45) is 4.05. The normalized spacial score (nSPS) is 9.70. The summed E-state index contributed by atoms with van der Waals surface area (Å²) in [5.41, 5.74) is 4.92. The van der Waals surface area contributed by atoms with Gasteiger partial charge < -0.3 is 5.73 Å². The quantitative estimate of drug-likeness (QED) is 0.569. The smallest absolute Gasteiger partial charge is 0.341 e. The summed E-state index contributed by atoms with van der Waals surface area (Å²) in [5.74, 6) is 0. The molecule has 0 spiro atoms. The average molecular weight is 157 g/mol. The number of amides is 1. The van der Waals surface area contributed by atoms with E-state index < -0.39 is 6.03 Å². The molecule has 0 aliphatic rings. The lowest BCUT2D eigenvalue weighted by Crippen LogP contribution is -2.21. The number of hydrogen-bond acceptors (Lipinski definition) is 4. The minimum atomic E-state index is -0.641. The van der Waals surface area contributed by atoms with Gasteiger partial charge in [0.25, 0.3) is 0 Å². The second-order valence-corrected chi connectivity index (χ2v) is 2.22. The molecule has 10 heavy (non-hydrogen) atoms. The summed E-state index contributed by atoms with van der Waals surface area (Å²) in [6, 6.07) is -0.641. The van der Waals surface area contributed by atoms with Gasteiger partial charge in [-0.2, -0.15) is 9.67 Å². The Labute approximate surface area is 61.6 Å². The molecular weight excluding hydrogens is 152 g/mol. The molecule has 1 heterocycles. The number of nitrogens with zero attached hydrogens (tertiary/aromatic N) is 3. The number of carbonyl (C=O) groups excluding carboxylic acids is 1. The van der Waals surface area contributed by atoms with Crippen molar-refractivity contribution in [2.45, 2.75) is 5.16 Å². The number of nitrogens with two attached hydrogens (primary N) is 1. The summed E-state index contributed by atoms with van der Waals surface area (Å²) in [4.78, 5) is 14.1. The zero-order valence-electron chi connectivity index (χ0n) is 5.24. The highest BCUT2D eigenvalue weighted by Gasteiger charge is 2.06. The highest BCUT2D eigenvalue weighted by Crippen LogP contribution is 2.07. The van der Waals surface area contributed by atoms with Crippen LogP contribution in [-0.2, 0) is 0 Å². The molecular formula is C4H5N4OS. The Morgan fingerprint density at radius 2 is 2.60 bits per heavy atom. The van der Waals surface area contributed by atoms with Gasteiger partial charge in [-0.15, -0.1) is 5.10 Å². The van der Waals surface area contributed by atoms with Crippen molar-refractivity contribution in [3.8, 4) is 0 Å². The number of carbonyl (C=O) groups is 1. The topological polar surface area (TPSA) is 73.8 Å². The van der Waals surface area contributed by atoms with E-state index in [1.807, 2.05) is 0 Å². The molecule has 53 valence electrons. The van der Waals surface area contributed by atoms with Gasteiger partial charge in [0.05, 0.1) is 0 Å². The number of primary amides is 1. The zero-order chi connectivity index (χ0) is 7.56. The maximum Gasteiger partial charge on any atom is 0.341 e. The van der Waals surface area contributed by atoms with E-state index in [9.17, 15) is 4.79 Å². The van der Waals surface area contributed by atoms with Crippen LogP contribution < -0.4 is 5.73 Å².